The van der Waals surface area contributed by atoms with Gasteiger partial charge in [0.2, 0.25) is 0 Å². The third kappa shape index (κ3) is 11.6. The summed E-state index contributed by atoms with van der Waals surface area (Å²) >= 11 is 0. The molecule has 0 bridgehead atoms. The lowest BCUT2D eigenvalue weighted by Crippen LogP contribution is -2.12. The first-order valence-electron chi connectivity index (χ1n) is 5.85. The van der Waals surface area contributed by atoms with Gasteiger partial charge in [0.05, 0.1) is 0 Å². The van der Waals surface area contributed by atoms with Crippen LogP contribution in [0.2, 0.25) is 0 Å². The molecule has 0 saturated carbocycles. The molecular weight excluding hydrogens is 174 g/mol. The molecule has 0 amide bonds. The molecule has 0 aromatic carbocycles. The van der Waals surface area contributed by atoms with Crippen molar-refractivity contribution in [1.82, 2.24) is 4.90 Å². The van der Waals surface area contributed by atoms with E-state index in [2.05, 4.69) is 19.0 Å². The van der Waals surface area contributed by atoms with E-state index in [0.717, 1.165) is 19.1 Å². The lowest BCUT2D eigenvalue weighted by Gasteiger charge is -2.08. The molecule has 14 heavy (non-hydrogen) atoms. The van der Waals surface area contributed by atoms with E-state index in [1.54, 1.807) is 0 Å². The van der Waals surface area contributed by atoms with Crippen LogP contribution in [0.1, 0.15) is 51.4 Å². The van der Waals surface area contributed by atoms with Crippen LogP contribution < -0.4 is 0 Å². The van der Waals surface area contributed by atoms with E-state index in [0.29, 0.717) is 0 Å². The number of rotatable bonds is 10. The second-order valence-electron chi connectivity index (χ2n) is 4.23. The van der Waals surface area contributed by atoms with Crippen molar-refractivity contribution in [2.75, 3.05) is 20.6 Å². The summed E-state index contributed by atoms with van der Waals surface area (Å²) in [5.74, 6) is 0. The van der Waals surface area contributed by atoms with Crippen LogP contribution in [0, 0.1) is 0 Å². The van der Waals surface area contributed by atoms with Gasteiger partial charge in [0.25, 0.3) is 0 Å². The van der Waals surface area contributed by atoms with Gasteiger partial charge in [-0.15, -0.1) is 0 Å². The molecule has 0 aliphatic rings. The van der Waals surface area contributed by atoms with Gasteiger partial charge in [0.15, 0.2) is 0 Å². The Labute approximate surface area is 88.7 Å². The van der Waals surface area contributed by atoms with Crippen molar-refractivity contribution >= 4 is 6.29 Å². The quantitative estimate of drug-likeness (QED) is 0.398. The minimum absolute atomic E-state index is 0.751. The molecule has 0 spiro atoms. The zero-order chi connectivity index (χ0) is 10.6. The predicted molar refractivity (Wildman–Crippen MR) is 61.6 cm³/mol. The zero-order valence-corrected chi connectivity index (χ0v) is 9.80. The largest absolute Gasteiger partial charge is 0.309 e. The summed E-state index contributed by atoms with van der Waals surface area (Å²) in [5, 5.41) is 0. The molecule has 84 valence electrons. The Balaban J connectivity index is 2.88. The molecule has 0 aromatic heterocycles. The number of aldehydes is 1. The van der Waals surface area contributed by atoms with Gasteiger partial charge >= 0.3 is 0 Å². The Morgan fingerprint density at radius 2 is 1.36 bits per heavy atom. The van der Waals surface area contributed by atoms with Crippen molar-refractivity contribution in [3.8, 4) is 0 Å². The number of hydrogen-bond donors (Lipinski definition) is 0. The predicted octanol–water partition coefficient (Wildman–Crippen LogP) is 2.87. The van der Waals surface area contributed by atoms with Crippen molar-refractivity contribution in [1.29, 1.82) is 0 Å². The van der Waals surface area contributed by atoms with Gasteiger partial charge in [-0.3, -0.25) is 0 Å². The molecular formula is C12H25NO. The van der Waals surface area contributed by atoms with Crippen LogP contribution in [0.25, 0.3) is 0 Å². The van der Waals surface area contributed by atoms with E-state index in [1.807, 2.05) is 0 Å². The van der Waals surface area contributed by atoms with Gasteiger partial charge in [-0.2, -0.15) is 0 Å². The molecule has 0 atom stereocenters. The molecule has 2 heteroatoms. The topological polar surface area (TPSA) is 20.3 Å². The van der Waals surface area contributed by atoms with Crippen LogP contribution in [0.15, 0.2) is 0 Å². The highest BCUT2D eigenvalue weighted by atomic mass is 16.1. The summed E-state index contributed by atoms with van der Waals surface area (Å²) < 4.78 is 0. The Kier molecular flexibility index (Phi) is 10.4. The SMILES string of the molecule is CN(C)CCCCCCCCCC=O. The Bertz CT molecular complexity index is 123. The highest BCUT2D eigenvalue weighted by Gasteiger charge is 1.92. The highest BCUT2D eigenvalue weighted by molar-refractivity contribution is 5.48. The normalized spacial score (nSPS) is 10.8. The monoisotopic (exact) mass is 199 g/mol. The number of nitrogens with zero attached hydrogens (tertiary/aromatic N) is 1. The maximum atomic E-state index is 10.0. The van der Waals surface area contributed by atoms with Crippen LogP contribution in [0.4, 0.5) is 0 Å². The lowest BCUT2D eigenvalue weighted by molar-refractivity contribution is -0.107. The Morgan fingerprint density at radius 1 is 0.857 bits per heavy atom. The summed E-state index contributed by atoms with van der Waals surface area (Å²) in [6.07, 6.45) is 10.8. The van der Waals surface area contributed by atoms with Crippen molar-refractivity contribution < 1.29 is 4.79 Å². The maximum Gasteiger partial charge on any atom is 0.119 e. The fourth-order valence-corrected chi connectivity index (χ4v) is 1.54. The molecule has 0 fully saturated rings. The molecule has 0 unspecified atom stereocenters. The van der Waals surface area contributed by atoms with Crippen molar-refractivity contribution in [3.05, 3.63) is 0 Å². The fraction of sp³-hybridized carbons (Fsp3) is 0.917. The van der Waals surface area contributed by atoms with Gasteiger partial charge in [0, 0.05) is 6.42 Å². The van der Waals surface area contributed by atoms with Crippen LogP contribution >= 0.6 is 0 Å². The fourth-order valence-electron chi connectivity index (χ4n) is 1.54. The van der Waals surface area contributed by atoms with E-state index in [9.17, 15) is 4.79 Å². The second-order valence-corrected chi connectivity index (χ2v) is 4.23. The van der Waals surface area contributed by atoms with E-state index < -0.39 is 0 Å². The van der Waals surface area contributed by atoms with E-state index >= 15 is 0 Å². The van der Waals surface area contributed by atoms with Crippen LogP contribution in [-0.4, -0.2) is 31.8 Å². The third-order valence-electron chi connectivity index (χ3n) is 2.43. The number of carbonyl (C=O) groups is 1. The smallest absolute Gasteiger partial charge is 0.119 e. The summed E-state index contributed by atoms with van der Waals surface area (Å²) in [5.41, 5.74) is 0. The first-order valence-corrected chi connectivity index (χ1v) is 5.85. The average molecular weight is 199 g/mol. The van der Waals surface area contributed by atoms with Crippen molar-refractivity contribution in [3.63, 3.8) is 0 Å². The first kappa shape index (κ1) is 13.6. The van der Waals surface area contributed by atoms with Crippen LogP contribution in [0.5, 0.6) is 0 Å². The number of carbonyl (C=O) groups excluding carboxylic acids is 1. The lowest BCUT2D eigenvalue weighted by atomic mass is 10.1. The summed E-state index contributed by atoms with van der Waals surface area (Å²) in [6, 6.07) is 0. The summed E-state index contributed by atoms with van der Waals surface area (Å²) in [6.45, 7) is 1.21. The van der Waals surface area contributed by atoms with Gasteiger partial charge in [-0.25, -0.2) is 0 Å². The van der Waals surface area contributed by atoms with E-state index in [-0.39, 0.29) is 0 Å². The Hall–Kier alpha value is -0.370. The molecule has 0 N–H and O–H groups in total. The van der Waals surface area contributed by atoms with E-state index in [4.69, 9.17) is 0 Å². The van der Waals surface area contributed by atoms with Crippen molar-refractivity contribution in [2.45, 2.75) is 51.4 Å². The zero-order valence-electron chi connectivity index (χ0n) is 9.80. The molecule has 2 nitrogen and oxygen atoms in total. The molecule has 0 heterocycles. The van der Waals surface area contributed by atoms with Gasteiger partial charge < -0.3 is 9.69 Å². The molecule has 0 aliphatic carbocycles. The standard InChI is InChI=1S/C12H25NO/c1-13(2)11-9-7-5-3-4-6-8-10-12-14/h12H,3-11H2,1-2H3. The second kappa shape index (κ2) is 10.7. The molecule has 0 aromatic rings. The minimum atomic E-state index is 0.751. The van der Waals surface area contributed by atoms with Gasteiger partial charge in [0.1, 0.15) is 6.29 Å². The Morgan fingerprint density at radius 3 is 1.86 bits per heavy atom. The van der Waals surface area contributed by atoms with Gasteiger partial charge in [-0.1, -0.05) is 32.1 Å². The maximum absolute atomic E-state index is 10.0. The molecule has 0 radical (unpaired) electrons. The highest BCUT2D eigenvalue weighted by Crippen LogP contribution is 2.07. The minimum Gasteiger partial charge on any atom is -0.309 e. The summed E-state index contributed by atoms with van der Waals surface area (Å²) in [7, 11) is 4.25. The molecule has 0 saturated heterocycles. The average Bonchev–Trinajstić information content (AvgIpc) is 2.15. The number of unbranched alkanes of at least 4 members (excludes halogenated alkanes) is 7. The third-order valence-corrected chi connectivity index (χ3v) is 2.43. The van der Waals surface area contributed by atoms with Crippen molar-refractivity contribution in [2.24, 2.45) is 0 Å². The van der Waals surface area contributed by atoms with Crippen LogP contribution in [-0.2, 0) is 4.79 Å². The van der Waals surface area contributed by atoms with E-state index in [1.165, 1.54) is 45.1 Å². The molecule has 0 aliphatic heterocycles. The molecule has 0 rings (SSSR count). The van der Waals surface area contributed by atoms with Crippen LogP contribution in [0.3, 0.4) is 0 Å². The first-order chi connectivity index (χ1) is 6.77. The number of hydrogen-bond acceptors (Lipinski definition) is 2. The van der Waals surface area contributed by atoms with Gasteiger partial charge in [-0.05, 0) is 33.5 Å². The summed E-state index contributed by atoms with van der Waals surface area (Å²) in [4.78, 5) is 12.3.